The van der Waals surface area contributed by atoms with E-state index >= 15 is 0 Å². The minimum Gasteiger partial charge on any atom is -0.369 e. The highest BCUT2D eigenvalue weighted by atomic mass is 79.9. The summed E-state index contributed by atoms with van der Waals surface area (Å²) < 4.78 is 5.73. The largest absolute Gasteiger partial charge is 0.369 e. The van der Waals surface area contributed by atoms with Gasteiger partial charge in [0.2, 0.25) is 0 Å². The third-order valence-electron chi connectivity index (χ3n) is 1.53. The molecule has 0 aromatic heterocycles. The predicted octanol–water partition coefficient (Wildman–Crippen LogP) is 2.77. The molecular formula is C9H19BrN2OSi. The van der Waals surface area contributed by atoms with Crippen molar-refractivity contribution in [1.29, 1.82) is 5.41 Å². The number of ether oxygens (including phenoxy) is 1. The maximum absolute atomic E-state index is 7.05. The highest BCUT2D eigenvalue weighted by molar-refractivity contribution is 9.18. The van der Waals surface area contributed by atoms with Gasteiger partial charge in [0.25, 0.3) is 0 Å². The van der Waals surface area contributed by atoms with E-state index in [4.69, 9.17) is 10.1 Å². The van der Waals surface area contributed by atoms with Crippen LogP contribution >= 0.6 is 15.9 Å². The van der Waals surface area contributed by atoms with E-state index < -0.39 is 8.07 Å². The first kappa shape index (κ1) is 13.9. The normalized spacial score (nSPS) is 12.0. The van der Waals surface area contributed by atoms with E-state index in [9.17, 15) is 0 Å². The highest BCUT2D eigenvalue weighted by Gasteiger charge is 2.11. The third-order valence-corrected chi connectivity index (χ3v) is 3.50. The molecule has 0 spiro atoms. The molecule has 0 aliphatic rings. The number of rotatable bonds is 7. The second kappa shape index (κ2) is 7.20. The number of nitrogens with one attached hydrogen (secondary N) is 2. The van der Waals surface area contributed by atoms with Crippen molar-refractivity contribution in [2.24, 2.45) is 0 Å². The number of hydrogen-bond donors (Lipinski definition) is 2. The third kappa shape index (κ3) is 11.9. The number of allylic oxidation sites excluding steroid dienone is 1. The average Bonchev–Trinajstić information content (AvgIpc) is 2.00. The van der Waals surface area contributed by atoms with Crippen LogP contribution in [0.15, 0.2) is 12.3 Å². The Balaban J connectivity index is 3.27. The quantitative estimate of drug-likeness (QED) is 0.326. The van der Waals surface area contributed by atoms with Gasteiger partial charge in [0.1, 0.15) is 6.73 Å². The predicted molar refractivity (Wildman–Crippen MR) is 67.9 cm³/mol. The Kier molecular flexibility index (Phi) is 7.13. The van der Waals surface area contributed by atoms with Crippen molar-refractivity contribution in [2.45, 2.75) is 25.7 Å². The van der Waals surface area contributed by atoms with Crippen molar-refractivity contribution in [3.63, 3.8) is 0 Å². The molecule has 0 saturated carbocycles. The fraction of sp³-hybridized carbons (Fsp3) is 0.667. The summed E-state index contributed by atoms with van der Waals surface area (Å²) in [4.78, 5) is 0. The van der Waals surface area contributed by atoms with E-state index in [0.717, 1.165) is 6.61 Å². The zero-order chi connectivity index (χ0) is 11.0. The van der Waals surface area contributed by atoms with Gasteiger partial charge >= 0.3 is 0 Å². The Bertz CT molecular complexity index is 201. The lowest BCUT2D eigenvalue weighted by molar-refractivity contribution is 0.137. The summed E-state index contributed by atoms with van der Waals surface area (Å²) in [6, 6.07) is 1.19. The average molecular weight is 279 g/mol. The first-order valence-electron chi connectivity index (χ1n) is 4.63. The first-order chi connectivity index (χ1) is 6.42. The van der Waals surface area contributed by atoms with Crippen molar-refractivity contribution in [2.75, 3.05) is 13.3 Å². The van der Waals surface area contributed by atoms with Crippen molar-refractivity contribution < 1.29 is 4.74 Å². The topological polar surface area (TPSA) is 45.1 Å². The second-order valence-corrected chi connectivity index (χ2v) is 10.7. The van der Waals surface area contributed by atoms with E-state index in [1.165, 1.54) is 6.04 Å². The summed E-state index contributed by atoms with van der Waals surface area (Å²) in [6.45, 7) is 8.32. The zero-order valence-corrected chi connectivity index (χ0v) is 11.6. The SMILES string of the molecule is C[Si](C)(C)CCOCN/C=C\C(=N)Br. The van der Waals surface area contributed by atoms with Crippen LogP contribution < -0.4 is 5.32 Å². The molecule has 0 fully saturated rings. The molecular weight excluding hydrogens is 260 g/mol. The smallest absolute Gasteiger partial charge is 0.116 e. The highest BCUT2D eigenvalue weighted by Crippen LogP contribution is 2.06. The van der Waals surface area contributed by atoms with Gasteiger partial charge in [0, 0.05) is 20.9 Å². The fourth-order valence-corrected chi connectivity index (χ4v) is 1.58. The van der Waals surface area contributed by atoms with Crippen LogP contribution in [0, 0.1) is 5.41 Å². The molecule has 0 saturated heterocycles. The fourth-order valence-electron chi connectivity index (χ4n) is 0.690. The Morgan fingerprint density at radius 1 is 1.50 bits per heavy atom. The summed E-state index contributed by atoms with van der Waals surface area (Å²) in [6.07, 6.45) is 3.33. The maximum Gasteiger partial charge on any atom is 0.116 e. The van der Waals surface area contributed by atoms with Crippen LogP contribution in [0.1, 0.15) is 0 Å². The van der Waals surface area contributed by atoms with E-state index in [-0.39, 0.29) is 0 Å². The number of hydrogen-bond acceptors (Lipinski definition) is 3. The molecule has 0 aliphatic heterocycles. The van der Waals surface area contributed by atoms with E-state index in [1.807, 2.05) is 0 Å². The van der Waals surface area contributed by atoms with Crippen molar-refractivity contribution in [1.82, 2.24) is 5.32 Å². The number of halogens is 1. The maximum atomic E-state index is 7.05. The monoisotopic (exact) mass is 278 g/mol. The molecule has 0 radical (unpaired) electrons. The molecule has 82 valence electrons. The van der Waals surface area contributed by atoms with Gasteiger partial charge in [0.15, 0.2) is 0 Å². The lowest BCUT2D eigenvalue weighted by atomic mass is 10.7. The lowest BCUT2D eigenvalue weighted by Crippen LogP contribution is -2.23. The Morgan fingerprint density at radius 3 is 2.64 bits per heavy atom. The molecule has 3 nitrogen and oxygen atoms in total. The standard InChI is InChI=1S/C9H19BrN2OSi/c1-14(2,3)7-6-13-8-12-5-4-9(10)11/h4-5,11-12H,6-8H2,1-3H3/b5-4-,11-9?. The van der Waals surface area contributed by atoms with Gasteiger partial charge in [-0.3, -0.25) is 5.41 Å². The van der Waals surface area contributed by atoms with E-state index in [1.54, 1.807) is 12.3 Å². The molecule has 0 aliphatic carbocycles. The lowest BCUT2D eigenvalue weighted by Gasteiger charge is -2.15. The van der Waals surface area contributed by atoms with Crippen LogP contribution in [0.25, 0.3) is 0 Å². The second-order valence-electron chi connectivity index (χ2n) is 4.25. The molecule has 0 amide bonds. The molecule has 0 atom stereocenters. The van der Waals surface area contributed by atoms with Gasteiger partial charge in [-0.25, -0.2) is 0 Å². The van der Waals surface area contributed by atoms with Crippen molar-refractivity contribution >= 4 is 28.6 Å². The first-order valence-corrected chi connectivity index (χ1v) is 9.13. The van der Waals surface area contributed by atoms with Gasteiger partial charge < -0.3 is 10.1 Å². The van der Waals surface area contributed by atoms with Crippen LogP contribution in [0.5, 0.6) is 0 Å². The molecule has 0 bridgehead atoms. The molecule has 0 heterocycles. The van der Waals surface area contributed by atoms with E-state index in [2.05, 4.69) is 40.9 Å². The molecule has 14 heavy (non-hydrogen) atoms. The molecule has 5 heteroatoms. The molecule has 2 N–H and O–H groups in total. The van der Waals surface area contributed by atoms with Crippen LogP contribution in [0.2, 0.25) is 25.7 Å². The molecule has 0 aromatic rings. The van der Waals surface area contributed by atoms with Crippen molar-refractivity contribution in [3.8, 4) is 0 Å². The molecule has 0 aromatic carbocycles. The Hall–Kier alpha value is -0.133. The van der Waals surface area contributed by atoms with Crippen LogP contribution in [0.3, 0.4) is 0 Å². The minimum atomic E-state index is -0.956. The van der Waals surface area contributed by atoms with Gasteiger partial charge in [-0.2, -0.15) is 0 Å². The molecule has 0 unspecified atom stereocenters. The summed E-state index contributed by atoms with van der Waals surface area (Å²) in [5.41, 5.74) is 0. The summed E-state index contributed by atoms with van der Waals surface area (Å²) in [5.74, 6) is 0. The van der Waals surface area contributed by atoms with Crippen LogP contribution in [-0.4, -0.2) is 26.0 Å². The van der Waals surface area contributed by atoms with Crippen LogP contribution in [-0.2, 0) is 4.74 Å². The Labute approximate surface area is 95.6 Å². The van der Waals surface area contributed by atoms with Gasteiger partial charge in [-0.15, -0.1) is 0 Å². The van der Waals surface area contributed by atoms with Gasteiger partial charge in [-0.1, -0.05) is 19.6 Å². The van der Waals surface area contributed by atoms with Crippen molar-refractivity contribution in [3.05, 3.63) is 12.3 Å². The molecule has 0 rings (SSSR count). The van der Waals surface area contributed by atoms with Gasteiger partial charge in [-0.05, 0) is 28.1 Å². The summed E-state index contributed by atoms with van der Waals surface area (Å²) in [7, 11) is -0.956. The Morgan fingerprint density at radius 2 is 2.14 bits per heavy atom. The summed E-state index contributed by atoms with van der Waals surface area (Å²) in [5, 5.41) is 9.99. The zero-order valence-electron chi connectivity index (χ0n) is 9.06. The van der Waals surface area contributed by atoms with Gasteiger partial charge in [0.05, 0.1) is 4.62 Å². The minimum absolute atomic E-state index is 0.354. The summed E-state index contributed by atoms with van der Waals surface area (Å²) >= 11 is 3.00. The van der Waals surface area contributed by atoms with E-state index in [0.29, 0.717) is 11.4 Å². The van der Waals surface area contributed by atoms with Crippen LogP contribution in [0.4, 0.5) is 0 Å².